The number of methoxy groups -OCH3 is 2. The predicted molar refractivity (Wildman–Crippen MR) is 73.5 cm³/mol. The molecule has 0 amide bonds. The van der Waals surface area contributed by atoms with Gasteiger partial charge in [-0.2, -0.15) is 0 Å². The smallest absolute Gasteiger partial charge is 0.0897 e. The lowest BCUT2D eigenvalue weighted by Crippen LogP contribution is -2.33. The molecule has 0 rings (SSSR count). The van der Waals surface area contributed by atoms with E-state index >= 15 is 0 Å². The summed E-state index contributed by atoms with van der Waals surface area (Å²) >= 11 is 0. The summed E-state index contributed by atoms with van der Waals surface area (Å²) in [5.41, 5.74) is 0. The van der Waals surface area contributed by atoms with E-state index in [1.54, 1.807) is 14.2 Å². The summed E-state index contributed by atoms with van der Waals surface area (Å²) in [5, 5.41) is 12.8. The van der Waals surface area contributed by atoms with Crippen LogP contribution in [0.25, 0.3) is 0 Å². The standard InChI is InChI=1S/C13H29NO5/c1-12(10-17-3)19-11-13(15)9-14-5-4-6-18-8-7-16-2/h12-15H,4-11H2,1-3H3. The van der Waals surface area contributed by atoms with Crippen LogP contribution in [0.3, 0.4) is 0 Å². The van der Waals surface area contributed by atoms with Crippen LogP contribution in [0.1, 0.15) is 13.3 Å². The van der Waals surface area contributed by atoms with E-state index in [1.807, 2.05) is 6.92 Å². The zero-order chi connectivity index (χ0) is 14.3. The second-order valence-corrected chi connectivity index (χ2v) is 4.42. The molecule has 6 nitrogen and oxygen atoms in total. The van der Waals surface area contributed by atoms with Crippen molar-refractivity contribution in [2.75, 3.05) is 60.3 Å². The lowest BCUT2D eigenvalue weighted by molar-refractivity contribution is -0.0311. The van der Waals surface area contributed by atoms with Crippen molar-refractivity contribution in [3.05, 3.63) is 0 Å². The first kappa shape index (κ1) is 18.8. The van der Waals surface area contributed by atoms with Crippen LogP contribution >= 0.6 is 0 Å². The fraction of sp³-hybridized carbons (Fsp3) is 1.00. The zero-order valence-corrected chi connectivity index (χ0v) is 12.4. The minimum absolute atomic E-state index is 0.00818. The summed E-state index contributed by atoms with van der Waals surface area (Å²) in [6, 6.07) is 0. The van der Waals surface area contributed by atoms with Gasteiger partial charge < -0.3 is 29.4 Å². The zero-order valence-electron chi connectivity index (χ0n) is 12.4. The van der Waals surface area contributed by atoms with Gasteiger partial charge in [-0.25, -0.2) is 0 Å². The Balaban J connectivity index is 3.22. The average Bonchev–Trinajstić information content (AvgIpc) is 2.40. The third-order valence-corrected chi connectivity index (χ3v) is 2.43. The molecule has 19 heavy (non-hydrogen) atoms. The monoisotopic (exact) mass is 279 g/mol. The SMILES string of the molecule is COCCOCCCNCC(O)COC(C)COC. The first-order chi connectivity index (χ1) is 9.20. The highest BCUT2D eigenvalue weighted by Crippen LogP contribution is 1.93. The van der Waals surface area contributed by atoms with Crippen LogP contribution in [-0.4, -0.2) is 77.7 Å². The van der Waals surface area contributed by atoms with E-state index in [0.29, 0.717) is 39.6 Å². The van der Waals surface area contributed by atoms with E-state index in [9.17, 15) is 5.11 Å². The van der Waals surface area contributed by atoms with E-state index in [4.69, 9.17) is 18.9 Å². The number of nitrogens with one attached hydrogen (secondary N) is 1. The number of aliphatic hydroxyl groups is 1. The van der Waals surface area contributed by atoms with Gasteiger partial charge in [0.15, 0.2) is 0 Å². The van der Waals surface area contributed by atoms with Crippen molar-refractivity contribution in [2.24, 2.45) is 0 Å². The fourth-order valence-corrected chi connectivity index (χ4v) is 1.43. The van der Waals surface area contributed by atoms with E-state index in [2.05, 4.69) is 5.32 Å². The van der Waals surface area contributed by atoms with Gasteiger partial charge in [0, 0.05) is 27.4 Å². The lowest BCUT2D eigenvalue weighted by Gasteiger charge is -2.16. The molecule has 116 valence electrons. The van der Waals surface area contributed by atoms with Crippen LogP contribution in [0.2, 0.25) is 0 Å². The molecule has 0 bridgehead atoms. The summed E-state index contributed by atoms with van der Waals surface area (Å²) in [5.74, 6) is 0. The lowest BCUT2D eigenvalue weighted by atomic mass is 10.3. The normalized spacial score (nSPS) is 14.5. The molecule has 0 heterocycles. The van der Waals surface area contributed by atoms with Gasteiger partial charge in [0.2, 0.25) is 0 Å². The Morgan fingerprint density at radius 3 is 2.53 bits per heavy atom. The summed E-state index contributed by atoms with van der Waals surface area (Å²) in [7, 11) is 3.29. The Labute approximate surface area is 116 Å². The summed E-state index contributed by atoms with van der Waals surface area (Å²) < 4.78 is 20.5. The van der Waals surface area contributed by atoms with Crippen molar-refractivity contribution < 1.29 is 24.1 Å². The van der Waals surface area contributed by atoms with Crippen LogP contribution in [-0.2, 0) is 18.9 Å². The first-order valence-corrected chi connectivity index (χ1v) is 6.76. The number of rotatable bonds is 14. The van der Waals surface area contributed by atoms with Gasteiger partial charge in [-0.15, -0.1) is 0 Å². The molecule has 0 aromatic carbocycles. The Bertz CT molecular complexity index is 182. The molecule has 0 aliphatic heterocycles. The maximum atomic E-state index is 9.66. The van der Waals surface area contributed by atoms with Gasteiger partial charge in [-0.05, 0) is 19.9 Å². The molecule has 0 aromatic heterocycles. The Hall–Kier alpha value is -0.240. The van der Waals surface area contributed by atoms with Crippen LogP contribution < -0.4 is 5.32 Å². The van der Waals surface area contributed by atoms with E-state index in [-0.39, 0.29) is 6.10 Å². The van der Waals surface area contributed by atoms with Crippen molar-refractivity contribution in [1.29, 1.82) is 0 Å². The predicted octanol–water partition coefficient (Wildman–Crippen LogP) is 0.0415. The maximum absolute atomic E-state index is 9.66. The number of hydrogen-bond donors (Lipinski definition) is 2. The van der Waals surface area contributed by atoms with Crippen molar-refractivity contribution in [2.45, 2.75) is 25.6 Å². The van der Waals surface area contributed by atoms with Crippen LogP contribution in [0.15, 0.2) is 0 Å². The molecule has 0 aromatic rings. The number of aliphatic hydroxyl groups excluding tert-OH is 1. The molecule has 0 spiro atoms. The number of hydrogen-bond acceptors (Lipinski definition) is 6. The molecule has 0 radical (unpaired) electrons. The highest BCUT2D eigenvalue weighted by atomic mass is 16.5. The van der Waals surface area contributed by atoms with Gasteiger partial charge in [-0.1, -0.05) is 0 Å². The summed E-state index contributed by atoms with van der Waals surface area (Å²) in [6.07, 6.45) is 0.430. The second-order valence-electron chi connectivity index (χ2n) is 4.42. The highest BCUT2D eigenvalue weighted by molar-refractivity contribution is 4.59. The minimum Gasteiger partial charge on any atom is -0.389 e. The molecule has 2 N–H and O–H groups in total. The third kappa shape index (κ3) is 14.0. The molecule has 2 unspecified atom stereocenters. The molecule has 2 atom stereocenters. The molecule has 0 aliphatic rings. The quantitative estimate of drug-likeness (QED) is 0.438. The Morgan fingerprint density at radius 2 is 1.84 bits per heavy atom. The third-order valence-electron chi connectivity index (χ3n) is 2.43. The van der Waals surface area contributed by atoms with E-state index < -0.39 is 6.10 Å². The van der Waals surface area contributed by atoms with Crippen LogP contribution in [0, 0.1) is 0 Å². The van der Waals surface area contributed by atoms with Crippen LogP contribution in [0.4, 0.5) is 0 Å². The van der Waals surface area contributed by atoms with E-state index in [1.165, 1.54) is 0 Å². The van der Waals surface area contributed by atoms with Gasteiger partial charge in [-0.3, -0.25) is 0 Å². The van der Waals surface area contributed by atoms with Gasteiger partial charge in [0.25, 0.3) is 0 Å². The van der Waals surface area contributed by atoms with Crippen LogP contribution in [0.5, 0.6) is 0 Å². The second kappa shape index (κ2) is 14.2. The Morgan fingerprint density at radius 1 is 1.05 bits per heavy atom. The molecular weight excluding hydrogens is 250 g/mol. The molecule has 6 heteroatoms. The molecule has 0 saturated carbocycles. The number of ether oxygens (including phenoxy) is 4. The van der Waals surface area contributed by atoms with Gasteiger partial charge >= 0.3 is 0 Å². The summed E-state index contributed by atoms with van der Waals surface area (Å²) in [6.45, 7) is 6.08. The molecule has 0 aliphatic carbocycles. The average molecular weight is 279 g/mol. The molecular formula is C13H29NO5. The molecule has 0 fully saturated rings. The van der Waals surface area contributed by atoms with Crippen molar-refractivity contribution in [3.8, 4) is 0 Å². The van der Waals surface area contributed by atoms with Gasteiger partial charge in [0.05, 0.1) is 38.6 Å². The largest absolute Gasteiger partial charge is 0.389 e. The van der Waals surface area contributed by atoms with E-state index in [0.717, 1.165) is 13.0 Å². The van der Waals surface area contributed by atoms with Crippen molar-refractivity contribution in [3.63, 3.8) is 0 Å². The molecule has 0 saturated heterocycles. The topological polar surface area (TPSA) is 69.2 Å². The highest BCUT2D eigenvalue weighted by Gasteiger charge is 2.07. The summed E-state index contributed by atoms with van der Waals surface area (Å²) in [4.78, 5) is 0. The van der Waals surface area contributed by atoms with Crippen molar-refractivity contribution >= 4 is 0 Å². The fourth-order valence-electron chi connectivity index (χ4n) is 1.43. The van der Waals surface area contributed by atoms with Crippen molar-refractivity contribution in [1.82, 2.24) is 5.32 Å². The minimum atomic E-state index is -0.492. The van der Waals surface area contributed by atoms with Gasteiger partial charge in [0.1, 0.15) is 0 Å². The Kier molecular flexibility index (Phi) is 14.0. The first-order valence-electron chi connectivity index (χ1n) is 6.76. The maximum Gasteiger partial charge on any atom is 0.0897 e.